The molecule has 0 atom stereocenters. The van der Waals surface area contributed by atoms with E-state index in [1.165, 1.54) is 4.90 Å². The summed E-state index contributed by atoms with van der Waals surface area (Å²) < 4.78 is 0. The van der Waals surface area contributed by atoms with E-state index in [1.54, 1.807) is 0 Å². The highest BCUT2D eigenvalue weighted by molar-refractivity contribution is 6.35. The highest BCUT2D eigenvalue weighted by atomic mass is 16.2. The summed E-state index contributed by atoms with van der Waals surface area (Å²) in [4.78, 5) is 36.2. The van der Waals surface area contributed by atoms with Gasteiger partial charge in [-0.2, -0.15) is 0 Å². The number of hydrogen-bond acceptors (Lipinski definition) is 4. The topological polar surface area (TPSA) is 59.6 Å². The molecule has 2 aliphatic heterocycles. The Morgan fingerprint density at radius 1 is 0.906 bits per heavy atom. The number of imide groups is 1. The van der Waals surface area contributed by atoms with Gasteiger partial charge >= 0.3 is 0 Å². The molecule has 164 valence electrons. The maximum Gasteiger partial charge on any atom is 0.277 e. The Balaban J connectivity index is 1.45. The van der Waals surface area contributed by atoms with Gasteiger partial charge in [0.05, 0.1) is 5.57 Å². The average molecular weight is 429 g/mol. The lowest BCUT2D eigenvalue weighted by Gasteiger charge is -2.34. The normalized spacial score (nSPS) is 17.8. The van der Waals surface area contributed by atoms with E-state index in [0.717, 1.165) is 53.8 Å². The predicted molar refractivity (Wildman–Crippen MR) is 126 cm³/mol. The number of para-hydroxylation sites is 1. The summed E-state index contributed by atoms with van der Waals surface area (Å²) in [5, 5.41) is 1.14. The second-order valence-electron chi connectivity index (χ2n) is 8.75. The number of nitrogens with zero attached hydrogens (tertiary/aromatic N) is 3. The van der Waals surface area contributed by atoms with Crippen LogP contribution in [-0.2, 0) is 16.0 Å². The number of likely N-dealkylation sites (N-methyl/N-ethyl adjacent to an activating group) is 1. The lowest BCUT2D eigenvalue weighted by molar-refractivity contribution is -0.137. The number of fused-ring (bicyclic) bond motifs is 1. The highest BCUT2D eigenvalue weighted by Crippen LogP contribution is 2.32. The van der Waals surface area contributed by atoms with Gasteiger partial charge in [-0.3, -0.25) is 14.5 Å². The van der Waals surface area contributed by atoms with Gasteiger partial charge in [0, 0.05) is 49.8 Å². The van der Waals surface area contributed by atoms with E-state index in [4.69, 9.17) is 0 Å². The number of benzene rings is 2. The molecule has 3 aromatic rings. The number of carbonyl (C=O) groups excluding carboxylic acids is 2. The van der Waals surface area contributed by atoms with Crippen molar-refractivity contribution in [2.75, 3.05) is 39.8 Å². The van der Waals surface area contributed by atoms with Gasteiger partial charge in [0.2, 0.25) is 0 Å². The SMILES string of the molecule is Cc1ccc(C2=C(N3CCN(C)CC3)C(=O)N(CCc3c[nH]c4ccccc34)C2=O)cc1. The second kappa shape index (κ2) is 8.28. The zero-order valence-corrected chi connectivity index (χ0v) is 18.6. The van der Waals surface area contributed by atoms with Crippen LogP contribution in [-0.4, -0.2) is 71.3 Å². The molecule has 0 spiro atoms. The molecule has 5 rings (SSSR count). The number of carbonyl (C=O) groups is 2. The highest BCUT2D eigenvalue weighted by Gasteiger charge is 2.41. The molecule has 6 heteroatoms. The second-order valence-corrected chi connectivity index (χ2v) is 8.75. The molecular formula is C26H28N4O2. The van der Waals surface area contributed by atoms with Gasteiger partial charge in [-0.1, -0.05) is 48.0 Å². The van der Waals surface area contributed by atoms with E-state index < -0.39 is 0 Å². The molecule has 1 saturated heterocycles. The molecule has 0 radical (unpaired) electrons. The molecule has 0 aliphatic carbocycles. The van der Waals surface area contributed by atoms with Gasteiger partial charge in [-0.15, -0.1) is 0 Å². The van der Waals surface area contributed by atoms with E-state index in [1.807, 2.05) is 55.6 Å². The number of aryl methyl sites for hydroxylation is 1. The minimum atomic E-state index is -0.187. The van der Waals surface area contributed by atoms with Gasteiger partial charge in [-0.25, -0.2) is 0 Å². The lowest BCUT2D eigenvalue weighted by Crippen LogP contribution is -2.46. The van der Waals surface area contributed by atoms with Crippen LogP contribution in [0.4, 0.5) is 0 Å². The van der Waals surface area contributed by atoms with Crippen LogP contribution in [0.2, 0.25) is 0 Å². The molecule has 6 nitrogen and oxygen atoms in total. The van der Waals surface area contributed by atoms with Gasteiger partial charge in [0.15, 0.2) is 0 Å². The lowest BCUT2D eigenvalue weighted by atomic mass is 10.0. The molecule has 1 aromatic heterocycles. The van der Waals surface area contributed by atoms with Crippen molar-refractivity contribution in [3.8, 4) is 0 Å². The summed E-state index contributed by atoms with van der Waals surface area (Å²) in [6.45, 7) is 5.64. The van der Waals surface area contributed by atoms with E-state index in [-0.39, 0.29) is 11.8 Å². The van der Waals surface area contributed by atoms with Crippen molar-refractivity contribution in [3.63, 3.8) is 0 Å². The summed E-state index contributed by atoms with van der Waals surface area (Å²) >= 11 is 0. The van der Waals surface area contributed by atoms with E-state index >= 15 is 0 Å². The van der Waals surface area contributed by atoms with Gasteiger partial charge in [-0.05, 0) is 37.6 Å². The first-order valence-corrected chi connectivity index (χ1v) is 11.2. The fraction of sp³-hybridized carbons (Fsp3) is 0.308. The number of H-pyrrole nitrogens is 1. The first-order valence-electron chi connectivity index (χ1n) is 11.2. The minimum Gasteiger partial charge on any atom is -0.364 e. The van der Waals surface area contributed by atoms with Crippen LogP contribution in [0.25, 0.3) is 16.5 Å². The van der Waals surface area contributed by atoms with Crippen LogP contribution in [0, 0.1) is 6.92 Å². The zero-order valence-electron chi connectivity index (χ0n) is 18.6. The van der Waals surface area contributed by atoms with E-state index in [0.29, 0.717) is 24.2 Å². The molecule has 0 saturated carbocycles. The Kier molecular flexibility index (Phi) is 5.31. The fourth-order valence-electron chi connectivity index (χ4n) is 4.64. The number of aromatic nitrogens is 1. The van der Waals surface area contributed by atoms with Crippen LogP contribution in [0.15, 0.2) is 60.4 Å². The third-order valence-electron chi connectivity index (χ3n) is 6.58. The molecule has 0 unspecified atom stereocenters. The number of nitrogens with one attached hydrogen (secondary N) is 1. The summed E-state index contributed by atoms with van der Waals surface area (Å²) in [6, 6.07) is 16.0. The van der Waals surface area contributed by atoms with Crippen LogP contribution in [0.1, 0.15) is 16.7 Å². The van der Waals surface area contributed by atoms with Crippen molar-refractivity contribution < 1.29 is 9.59 Å². The first kappa shape index (κ1) is 20.5. The molecule has 2 amide bonds. The number of aromatic amines is 1. The van der Waals surface area contributed by atoms with Crippen LogP contribution in [0.3, 0.4) is 0 Å². The van der Waals surface area contributed by atoms with E-state index in [2.05, 4.69) is 27.9 Å². The largest absolute Gasteiger partial charge is 0.364 e. The minimum absolute atomic E-state index is 0.171. The standard InChI is InChI=1S/C26H28N4O2/c1-18-7-9-19(10-8-18)23-24(29-15-13-28(2)14-16-29)26(32)30(25(23)31)12-11-20-17-27-22-6-4-3-5-21(20)22/h3-10,17,27H,11-16H2,1-2H3. The third-order valence-corrected chi connectivity index (χ3v) is 6.58. The summed E-state index contributed by atoms with van der Waals surface area (Å²) in [7, 11) is 2.09. The average Bonchev–Trinajstić information content (AvgIpc) is 3.32. The smallest absolute Gasteiger partial charge is 0.277 e. The van der Waals surface area contributed by atoms with Crippen molar-refractivity contribution in [3.05, 3.63) is 77.1 Å². The fourth-order valence-corrected chi connectivity index (χ4v) is 4.64. The van der Waals surface area contributed by atoms with Gasteiger partial charge in [0.25, 0.3) is 11.8 Å². The Labute approximate surface area is 188 Å². The molecule has 0 bridgehead atoms. The van der Waals surface area contributed by atoms with Crippen molar-refractivity contribution in [2.45, 2.75) is 13.3 Å². The summed E-state index contributed by atoms with van der Waals surface area (Å²) in [6.07, 6.45) is 2.60. The molecule has 1 fully saturated rings. The zero-order chi connectivity index (χ0) is 22.2. The molecule has 1 N–H and O–H groups in total. The van der Waals surface area contributed by atoms with Crippen molar-refractivity contribution in [1.82, 2.24) is 19.7 Å². The predicted octanol–water partition coefficient (Wildman–Crippen LogP) is 3.05. The van der Waals surface area contributed by atoms with Crippen molar-refractivity contribution in [2.24, 2.45) is 0 Å². The summed E-state index contributed by atoms with van der Waals surface area (Å²) in [5.41, 5.74) is 5.23. The Bertz CT molecular complexity index is 1200. The van der Waals surface area contributed by atoms with E-state index in [9.17, 15) is 9.59 Å². The molecular weight excluding hydrogens is 400 g/mol. The molecule has 2 aromatic carbocycles. The number of hydrogen-bond donors (Lipinski definition) is 1. The number of amides is 2. The number of rotatable bonds is 5. The van der Waals surface area contributed by atoms with Gasteiger partial charge in [0.1, 0.15) is 5.70 Å². The molecule has 3 heterocycles. The molecule has 32 heavy (non-hydrogen) atoms. The molecule has 2 aliphatic rings. The van der Waals surface area contributed by atoms with Crippen molar-refractivity contribution >= 4 is 28.3 Å². The third kappa shape index (κ3) is 3.60. The maximum absolute atomic E-state index is 13.6. The maximum atomic E-state index is 13.6. The summed E-state index contributed by atoms with van der Waals surface area (Å²) in [5.74, 6) is -0.359. The monoisotopic (exact) mass is 428 g/mol. The Hall–Kier alpha value is -3.38. The first-order chi connectivity index (χ1) is 15.5. The van der Waals surface area contributed by atoms with Crippen LogP contribution < -0.4 is 0 Å². The van der Waals surface area contributed by atoms with Gasteiger partial charge < -0.3 is 14.8 Å². The van der Waals surface area contributed by atoms with Crippen LogP contribution in [0.5, 0.6) is 0 Å². The Morgan fingerprint density at radius 3 is 2.38 bits per heavy atom. The quantitative estimate of drug-likeness (QED) is 0.635. The van der Waals surface area contributed by atoms with Crippen LogP contribution >= 0.6 is 0 Å². The number of piperazine rings is 1. The Morgan fingerprint density at radius 2 is 1.62 bits per heavy atom. The van der Waals surface area contributed by atoms with Crippen molar-refractivity contribution in [1.29, 1.82) is 0 Å².